The summed E-state index contributed by atoms with van der Waals surface area (Å²) in [6.07, 6.45) is 1.72. The lowest BCUT2D eigenvalue weighted by Gasteiger charge is -2.27. The lowest BCUT2D eigenvalue weighted by atomic mass is 9.92. The summed E-state index contributed by atoms with van der Waals surface area (Å²) in [6, 6.07) is 5.66. The molecule has 0 spiro atoms. The van der Waals surface area contributed by atoms with Crippen molar-refractivity contribution in [3.8, 4) is 5.75 Å². The third kappa shape index (κ3) is 4.87. The van der Waals surface area contributed by atoms with Gasteiger partial charge in [0.1, 0.15) is 12.4 Å². The second-order valence-electron chi connectivity index (χ2n) is 5.55. The quantitative estimate of drug-likeness (QED) is 0.789. The zero-order chi connectivity index (χ0) is 15.9. The Morgan fingerprint density at radius 3 is 2.95 bits per heavy atom. The van der Waals surface area contributed by atoms with Crippen LogP contribution < -0.4 is 15.4 Å². The van der Waals surface area contributed by atoms with Gasteiger partial charge in [-0.1, -0.05) is 11.6 Å². The van der Waals surface area contributed by atoms with Gasteiger partial charge in [0.05, 0.1) is 11.6 Å². The number of hydrogen-bond donors (Lipinski definition) is 2. The van der Waals surface area contributed by atoms with Gasteiger partial charge in [-0.3, -0.25) is 4.79 Å². The topological polar surface area (TPSA) is 59.6 Å². The van der Waals surface area contributed by atoms with Gasteiger partial charge in [0, 0.05) is 24.8 Å². The van der Waals surface area contributed by atoms with Gasteiger partial charge < -0.3 is 20.1 Å². The van der Waals surface area contributed by atoms with Crippen molar-refractivity contribution in [2.45, 2.75) is 25.8 Å². The molecule has 0 saturated carbocycles. The Hall–Kier alpha value is -1.30. The maximum absolute atomic E-state index is 12.3. The zero-order valence-electron chi connectivity index (χ0n) is 13.0. The molecule has 1 fully saturated rings. The molecule has 1 aliphatic heterocycles. The Labute approximate surface area is 136 Å². The Kier molecular flexibility index (Phi) is 6.49. The minimum absolute atomic E-state index is 0.0488. The number of ether oxygens (including phenoxy) is 2. The molecular formula is C16H23ClN2O3. The molecule has 2 rings (SSSR count). The number of benzene rings is 1. The lowest BCUT2D eigenvalue weighted by molar-refractivity contribution is -0.120. The number of hydrogen-bond acceptors (Lipinski definition) is 4. The molecule has 6 heteroatoms. The highest BCUT2D eigenvalue weighted by Gasteiger charge is 2.24. The third-order valence-electron chi connectivity index (χ3n) is 3.74. The van der Waals surface area contributed by atoms with Crippen LogP contribution in [0.3, 0.4) is 0 Å². The lowest BCUT2D eigenvalue weighted by Crippen LogP contribution is -2.40. The number of nitrogens with one attached hydrogen (secondary N) is 2. The van der Waals surface area contributed by atoms with Crippen LogP contribution >= 0.6 is 11.6 Å². The Morgan fingerprint density at radius 1 is 1.45 bits per heavy atom. The van der Waals surface area contributed by atoms with Crippen molar-refractivity contribution in [2.24, 2.45) is 5.92 Å². The van der Waals surface area contributed by atoms with E-state index in [1.165, 1.54) is 0 Å². The van der Waals surface area contributed by atoms with E-state index in [1.54, 1.807) is 25.3 Å². The predicted octanol–water partition coefficient (Wildman–Crippen LogP) is 2.69. The van der Waals surface area contributed by atoms with E-state index in [2.05, 4.69) is 17.6 Å². The van der Waals surface area contributed by atoms with Crippen molar-refractivity contribution in [1.29, 1.82) is 0 Å². The largest absolute Gasteiger partial charge is 0.490 e. The number of carbonyl (C=O) groups excluding carboxylic acids is 1. The highest BCUT2D eigenvalue weighted by molar-refractivity contribution is 6.32. The molecule has 1 aliphatic rings. The maximum Gasteiger partial charge on any atom is 0.227 e. The summed E-state index contributed by atoms with van der Waals surface area (Å²) in [7, 11) is 1.62. The fraction of sp³-hybridized carbons (Fsp3) is 0.562. The van der Waals surface area contributed by atoms with Crippen LogP contribution in [-0.2, 0) is 9.53 Å². The maximum atomic E-state index is 12.3. The molecule has 1 aromatic rings. The number of piperidine rings is 1. The summed E-state index contributed by atoms with van der Waals surface area (Å²) in [5, 5.41) is 6.76. The minimum Gasteiger partial charge on any atom is -0.490 e. The van der Waals surface area contributed by atoms with Crippen LogP contribution in [0.4, 0.5) is 5.69 Å². The molecule has 2 N–H and O–H groups in total. The van der Waals surface area contributed by atoms with Crippen LogP contribution in [0.2, 0.25) is 5.02 Å². The third-order valence-corrected chi connectivity index (χ3v) is 4.03. The smallest absolute Gasteiger partial charge is 0.227 e. The van der Waals surface area contributed by atoms with E-state index in [1.807, 2.05) is 0 Å². The Morgan fingerprint density at radius 2 is 2.27 bits per heavy atom. The van der Waals surface area contributed by atoms with E-state index in [-0.39, 0.29) is 11.8 Å². The summed E-state index contributed by atoms with van der Waals surface area (Å²) in [4.78, 5) is 12.3. The van der Waals surface area contributed by atoms with Gasteiger partial charge in [-0.2, -0.15) is 0 Å². The molecule has 0 aromatic heterocycles. The van der Waals surface area contributed by atoms with E-state index in [0.29, 0.717) is 35.7 Å². The van der Waals surface area contributed by atoms with Crippen LogP contribution in [0.15, 0.2) is 18.2 Å². The Bertz CT molecular complexity index is 510. The van der Waals surface area contributed by atoms with Gasteiger partial charge in [-0.05, 0) is 44.5 Å². The molecule has 2 atom stereocenters. The average molecular weight is 327 g/mol. The fourth-order valence-electron chi connectivity index (χ4n) is 2.54. The van der Waals surface area contributed by atoms with Crippen LogP contribution in [0.1, 0.15) is 19.8 Å². The first-order valence-electron chi connectivity index (χ1n) is 7.55. The highest BCUT2D eigenvalue weighted by atomic mass is 35.5. The van der Waals surface area contributed by atoms with Crippen molar-refractivity contribution in [2.75, 3.05) is 32.2 Å². The van der Waals surface area contributed by atoms with E-state index >= 15 is 0 Å². The average Bonchev–Trinajstić information content (AvgIpc) is 2.49. The standard InChI is InChI=1S/C16H23ClN2O3/c1-11-9-12(5-6-18-11)16(20)19-13-3-4-15(14(17)10-13)22-8-7-21-2/h3-4,10-12,18H,5-9H2,1-2H3,(H,19,20)/t11-,12-/m0/s1. The SMILES string of the molecule is COCCOc1ccc(NC(=O)[C@H]2CCN[C@@H](C)C2)cc1Cl. The van der Waals surface area contributed by atoms with Crippen LogP contribution in [0.25, 0.3) is 0 Å². The van der Waals surface area contributed by atoms with E-state index in [9.17, 15) is 4.79 Å². The summed E-state index contributed by atoms with van der Waals surface area (Å²) < 4.78 is 10.4. The van der Waals surface area contributed by atoms with Crippen molar-refractivity contribution >= 4 is 23.2 Å². The van der Waals surface area contributed by atoms with Gasteiger partial charge in [-0.15, -0.1) is 0 Å². The van der Waals surface area contributed by atoms with Gasteiger partial charge in [0.25, 0.3) is 0 Å². The van der Waals surface area contributed by atoms with Gasteiger partial charge in [0.2, 0.25) is 5.91 Å². The number of halogens is 1. The molecule has 0 aliphatic carbocycles. The summed E-state index contributed by atoms with van der Waals surface area (Å²) in [5.41, 5.74) is 0.695. The predicted molar refractivity (Wildman–Crippen MR) is 87.6 cm³/mol. The molecule has 1 aromatic carbocycles. The van der Waals surface area contributed by atoms with Crippen LogP contribution in [0, 0.1) is 5.92 Å². The van der Waals surface area contributed by atoms with Crippen molar-refractivity contribution in [1.82, 2.24) is 5.32 Å². The summed E-state index contributed by atoms with van der Waals surface area (Å²) in [5.74, 6) is 0.692. The number of amides is 1. The summed E-state index contributed by atoms with van der Waals surface area (Å²) in [6.45, 7) is 3.92. The first-order chi connectivity index (χ1) is 10.6. The highest BCUT2D eigenvalue weighted by Crippen LogP contribution is 2.28. The number of methoxy groups -OCH3 is 1. The molecule has 122 valence electrons. The van der Waals surface area contributed by atoms with Gasteiger partial charge >= 0.3 is 0 Å². The van der Waals surface area contributed by atoms with E-state index in [0.717, 1.165) is 19.4 Å². The molecule has 22 heavy (non-hydrogen) atoms. The molecule has 1 saturated heterocycles. The second-order valence-corrected chi connectivity index (χ2v) is 5.96. The van der Waals surface area contributed by atoms with E-state index in [4.69, 9.17) is 21.1 Å². The number of anilines is 1. The molecular weight excluding hydrogens is 304 g/mol. The van der Waals surface area contributed by atoms with Crippen molar-refractivity contribution in [3.05, 3.63) is 23.2 Å². The first-order valence-corrected chi connectivity index (χ1v) is 7.93. The van der Waals surface area contributed by atoms with Crippen LogP contribution in [0.5, 0.6) is 5.75 Å². The van der Waals surface area contributed by atoms with E-state index < -0.39 is 0 Å². The second kappa shape index (κ2) is 8.36. The molecule has 0 bridgehead atoms. The Balaban J connectivity index is 1.92. The molecule has 1 amide bonds. The minimum atomic E-state index is 0.0488. The molecule has 5 nitrogen and oxygen atoms in total. The molecule has 0 radical (unpaired) electrons. The zero-order valence-corrected chi connectivity index (χ0v) is 13.8. The van der Waals surface area contributed by atoms with Crippen molar-refractivity contribution in [3.63, 3.8) is 0 Å². The molecule has 1 heterocycles. The normalized spacial score (nSPS) is 21.4. The fourth-order valence-corrected chi connectivity index (χ4v) is 2.78. The van der Waals surface area contributed by atoms with Crippen LogP contribution in [-0.4, -0.2) is 38.8 Å². The number of carbonyl (C=O) groups is 1. The van der Waals surface area contributed by atoms with Gasteiger partial charge in [0.15, 0.2) is 0 Å². The summed E-state index contributed by atoms with van der Waals surface area (Å²) >= 11 is 6.17. The molecule has 0 unspecified atom stereocenters. The van der Waals surface area contributed by atoms with Gasteiger partial charge in [-0.25, -0.2) is 0 Å². The van der Waals surface area contributed by atoms with Crippen molar-refractivity contribution < 1.29 is 14.3 Å². The first kappa shape index (κ1) is 17.1. The monoisotopic (exact) mass is 326 g/mol. The number of rotatable bonds is 6.